The first-order valence-electron chi connectivity index (χ1n) is 6.86. The summed E-state index contributed by atoms with van der Waals surface area (Å²) in [5, 5.41) is 11.9. The third kappa shape index (κ3) is 4.81. The minimum Gasteiger partial charge on any atom is -0.449 e. The van der Waals surface area contributed by atoms with E-state index in [4.69, 9.17) is 27.9 Å². The molecule has 8 heteroatoms. The molecule has 124 valence electrons. The van der Waals surface area contributed by atoms with Crippen molar-refractivity contribution in [2.45, 2.75) is 39.3 Å². The van der Waals surface area contributed by atoms with Crippen molar-refractivity contribution >= 4 is 35.1 Å². The van der Waals surface area contributed by atoms with E-state index in [-0.39, 0.29) is 21.7 Å². The zero-order chi connectivity index (χ0) is 17.8. The number of ether oxygens (including phenoxy) is 1. The van der Waals surface area contributed by atoms with Crippen molar-refractivity contribution in [3.05, 3.63) is 28.0 Å². The van der Waals surface area contributed by atoms with Crippen molar-refractivity contribution < 1.29 is 14.3 Å². The highest BCUT2D eigenvalue weighted by Crippen LogP contribution is 2.20. The molecule has 1 N–H and O–H groups in total. The van der Waals surface area contributed by atoms with Crippen molar-refractivity contribution in [1.82, 2.24) is 10.3 Å². The Labute approximate surface area is 144 Å². The molecule has 6 nitrogen and oxygen atoms in total. The quantitative estimate of drug-likeness (QED) is 0.645. The summed E-state index contributed by atoms with van der Waals surface area (Å²) in [7, 11) is 0. The second kappa shape index (κ2) is 7.62. The fourth-order valence-corrected chi connectivity index (χ4v) is 1.74. The van der Waals surface area contributed by atoms with Gasteiger partial charge in [0.1, 0.15) is 10.7 Å². The Balaban J connectivity index is 2.77. The molecule has 2 atom stereocenters. The molecule has 0 bridgehead atoms. The van der Waals surface area contributed by atoms with Gasteiger partial charge < -0.3 is 10.1 Å². The Kier molecular flexibility index (Phi) is 6.37. The summed E-state index contributed by atoms with van der Waals surface area (Å²) in [6.07, 6.45) is 0.123. The second-order valence-corrected chi connectivity index (χ2v) is 6.27. The van der Waals surface area contributed by atoms with E-state index in [2.05, 4.69) is 10.3 Å². The lowest BCUT2D eigenvalue weighted by Gasteiger charge is -2.28. The highest BCUT2D eigenvalue weighted by molar-refractivity contribution is 6.41. The minimum absolute atomic E-state index is 0.0655. The summed E-state index contributed by atoms with van der Waals surface area (Å²) in [5.74, 6) is -1.44. The molecule has 0 spiro atoms. The van der Waals surface area contributed by atoms with Gasteiger partial charge in [-0.25, -0.2) is 9.78 Å². The number of esters is 1. The number of carbonyl (C=O) groups is 2. The van der Waals surface area contributed by atoms with Gasteiger partial charge in [-0.05, 0) is 25.8 Å². The standard InChI is InChI=1S/C15H17Cl2N3O3/c1-8(2)15(4,7-18)20-13(21)9(3)23-14(22)10-5-11(16)12(17)19-6-10/h5-6,8-9H,1-4H3,(H,20,21)/t9-,15+/m0/s1. The maximum atomic E-state index is 12.1. The number of aromatic nitrogens is 1. The Bertz CT molecular complexity index is 658. The molecule has 0 aliphatic rings. The molecule has 0 fully saturated rings. The van der Waals surface area contributed by atoms with E-state index in [1.165, 1.54) is 19.2 Å². The number of rotatable bonds is 5. The fourth-order valence-electron chi connectivity index (χ4n) is 1.47. The Morgan fingerprint density at radius 3 is 2.48 bits per heavy atom. The normalized spacial score (nSPS) is 14.5. The van der Waals surface area contributed by atoms with Crippen molar-refractivity contribution in [3.63, 3.8) is 0 Å². The molecule has 0 aliphatic heterocycles. The van der Waals surface area contributed by atoms with Gasteiger partial charge in [-0.3, -0.25) is 4.79 Å². The fraction of sp³-hybridized carbons (Fsp3) is 0.467. The van der Waals surface area contributed by atoms with Crippen molar-refractivity contribution in [2.75, 3.05) is 0 Å². The lowest BCUT2D eigenvalue weighted by Crippen LogP contribution is -2.52. The number of hydrogen-bond donors (Lipinski definition) is 1. The van der Waals surface area contributed by atoms with Gasteiger partial charge in [-0.2, -0.15) is 5.26 Å². The highest BCUT2D eigenvalue weighted by atomic mass is 35.5. The summed E-state index contributed by atoms with van der Waals surface area (Å²) < 4.78 is 5.06. The molecule has 0 aromatic carbocycles. The van der Waals surface area contributed by atoms with Crippen LogP contribution >= 0.6 is 23.2 Å². The van der Waals surface area contributed by atoms with Gasteiger partial charge in [0, 0.05) is 6.20 Å². The smallest absolute Gasteiger partial charge is 0.340 e. The Morgan fingerprint density at radius 2 is 2.00 bits per heavy atom. The van der Waals surface area contributed by atoms with Gasteiger partial charge in [0.15, 0.2) is 6.10 Å². The van der Waals surface area contributed by atoms with Crippen molar-refractivity contribution in [2.24, 2.45) is 5.92 Å². The Morgan fingerprint density at radius 1 is 1.39 bits per heavy atom. The van der Waals surface area contributed by atoms with Crippen molar-refractivity contribution in [3.8, 4) is 6.07 Å². The molecule has 23 heavy (non-hydrogen) atoms. The molecule has 0 saturated heterocycles. The van der Waals surface area contributed by atoms with Crippen LogP contribution in [-0.2, 0) is 9.53 Å². The van der Waals surface area contributed by atoms with Gasteiger partial charge in [0.2, 0.25) is 0 Å². The third-order valence-electron chi connectivity index (χ3n) is 3.45. The van der Waals surface area contributed by atoms with Gasteiger partial charge in [0.25, 0.3) is 5.91 Å². The van der Waals surface area contributed by atoms with Crippen LogP contribution in [-0.4, -0.2) is 28.5 Å². The molecule has 0 aliphatic carbocycles. The molecule has 0 radical (unpaired) electrons. The number of pyridine rings is 1. The number of halogens is 2. The zero-order valence-corrected chi connectivity index (χ0v) is 14.7. The van der Waals surface area contributed by atoms with Crippen LogP contribution in [0.3, 0.4) is 0 Å². The average molecular weight is 358 g/mol. The largest absolute Gasteiger partial charge is 0.449 e. The summed E-state index contributed by atoms with van der Waals surface area (Å²) in [5.41, 5.74) is -0.978. The lowest BCUT2D eigenvalue weighted by atomic mass is 9.90. The molecular formula is C15H17Cl2N3O3. The monoisotopic (exact) mass is 357 g/mol. The second-order valence-electron chi connectivity index (χ2n) is 5.50. The SMILES string of the molecule is CC(C)[C@@](C)(C#N)NC(=O)[C@H](C)OC(=O)c1cnc(Cl)c(Cl)c1. The van der Waals surface area contributed by atoms with E-state index >= 15 is 0 Å². The highest BCUT2D eigenvalue weighted by Gasteiger charge is 2.32. The van der Waals surface area contributed by atoms with E-state index in [1.54, 1.807) is 6.92 Å². The van der Waals surface area contributed by atoms with E-state index in [9.17, 15) is 14.9 Å². The van der Waals surface area contributed by atoms with Crippen LogP contribution in [0.15, 0.2) is 12.3 Å². The van der Waals surface area contributed by atoms with Crippen LogP contribution in [0, 0.1) is 17.2 Å². The number of nitriles is 1. The van der Waals surface area contributed by atoms with Crippen LogP contribution in [0.1, 0.15) is 38.1 Å². The van der Waals surface area contributed by atoms with Crippen LogP contribution in [0.4, 0.5) is 0 Å². The van der Waals surface area contributed by atoms with Crippen LogP contribution < -0.4 is 5.32 Å². The van der Waals surface area contributed by atoms with E-state index in [0.29, 0.717) is 0 Å². The maximum absolute atomic E-state index is 12.1. The molecule has 1 amide bonds. The molecular weight excluding hydrogens is 341 g/mol. The summed E-state index contributed by atoms with van der Waals surface area (Å²) in [6, 6.07) is 3.35. The predicted molar refractivity (Wildman–Crippen MR) is 86.1 cm³/mol. The number of carbonyl (C=O) groups excluding carboxylic acids is 2. The first-order chi connectivity index (χ1) is 10.6. The first-order valence-corrected chi connectivity index (χ1v) is 7.61. The number of hydrogen-bond acceptors (Lipinski definition) is 5. The number of amides is 1. The average Bonchev–Trinajstić information content (AvgIpc) is 2.49. The van der Waals surface area contributed by atoms with Gasteiger partial charge in [-0.1, -0.05) is 37.0 Å². The molecule has 1 aromatic heterocycles. The maximum Gasteiger partial charge on any atom is 0.340 e. The third-order valence-corrected chi connectivity index (χ3v) is 4.14. The Hall–Kier alpha value is -1.84. The van der Waals surface area contributed by atoms with Crippen molar-refractivity contribution in [1.29, 1.82) is 5.26 Å². The number of nitrogens with zero attached hydrogens (tertiary/aromatic N) is 2. The molecule has 1 rings (SSSR count). The van der Waals surface area contributed by atoms with Gasteiger partial charge in [0.05, 0.1) is 16.7 Å². The lowest BCUT2D eigenvalue weighted by molar-refractivity contribution is -0.130. The predicted octanol–water partition coefficient (Wildman–Crippen LogP) is 2.99. The van der Waals surface area contributed by atoms with Gasteiger partial charge in [-0.15, -0.1) is 0 Å². The minimum atomic E-state index is -1.08. The van der Waals surface area contributed by atoms with Gasteiger partial charge >= 0.3 is 5.97 Å². The molecule has 1 heterocycles. The first kappa shape index (κ1) is 19.2. The van der Waals surface area contributed by atoms with E-state index in [1.807, 2.05) is 19.9 Å². The van der Waals surface area contributed by atoms with Crippen LogP contribution in [0.2, 0.25) is 10.2 Å². The van der Waals surface area contributed by atoms with Crippen LogP contribution in [0.25, 0.3) is 0 Å². The van der Waals surface area contributed by atoms with E-state index in [0.717, 1.165) is 0 Å². The molecule has 1 aromatic rings. The summed E-state index contributed by atoms with van der Waals surface area (Å²) in [6.45, 7) is 6.63. The molecule has 0 saturated carbocycles. The topological polar surface area (TPSA) is 92.1 Å². The zero-order valence-electron chi connectivity index (χ0n) is 13.2. The summed E-state index contributed by atoms with van der Waals surface area (Å²) >= 11 is 11.5. The van der Waals surface area contributed by atoms with Crippen LogP contribution in [0.5, 0.6) is 0 Å². The van der Waals surface area contributed by atoms with E-state index < -0.39 is 23.5 Å². The summed E-state index contributed by atoms with van der Waals surface area (Å²) in [4.78, 5) is 27.8. The number of nitrogens with one attached hydrogen (secondary N) is 1. The molecule has 0 unspecified atom stereocenters.